The van der Waals surface area contributed by atoms with Crippen LogP contribution in [-0.2, 0) is 5.41 Å². The molecule has 1 aliphatic heterocycles. The summed E-state index contributed by atoms with van der Waals surface area (Å²) in [5.41, 5.74) is 13.9. The first kappa shape index (κ1) is 28.8. The van der Waals surface area contributed by atoms with E-state index in [1.807, 2.05) is 12.1 Å². The van der Waals surface area contributed by atoms with Gasteiger partial charge in [-0.15, -0.1) is 0 Å². The molecule has 1 aliphatic rings. The number of rotatable bonds is 4. The molecule has 49 heavy (non-hydrogen) atoms. The largest absolute Gasteiger partial charge is 0.309 e. The molecule has 0 saturated carbocycles. The van der Waals surface area contributed by atoms with Crippen molar-refractivity contribution in [1.82, 2.24) is 4.57 Å². The fraction of sp³-hybridized carbons (Fsp3) is 0.0652. The third-order valence-corrected chi connectivity index (χ3v) is 10.2. The van der Waals surface area contributed by atoms with E-state index in [9.17, 15) is 5.26 Å². The van der Waals surface area contributed by atoms with Crippen LogP contribution in [0.15, 0.2) is 164 Å². The van der Waals surface area contributed by atoms with Gasteiger partial charge >= 0.3 is 0 Å². The summed E-state index contributed by atoms with van der Waals surface area (Å²) in [5.74, 6) is 0. The molecule has 0 atom stereocenters. The van der Waals surface area contributed by atoms with Gasteiger partial charge in [0.1, 0.15) is 6.07 Å². The Hall–Kier alpha value is -6.37. The van der Waals surface area contributed by atoms with Crippen LogP contribution in [0.2, 0.25) is 0 Å². The summed E-state index contributed by atoms with van der Waals surface area (Å²) in [6.07, 6.45) is 0. The van der Waals surface area contributed by atoms with Crippen molar-refractivity contribution in [1.29, 1.82) is 5.26 Å². The summed E-state index contributed by atoms with van der Waals surface area (Å²) in [5, 5.41) is 13.0. The Morgan fingerprint density at radius 2 is 0.980 bits per heavy atom. The number of nitriles is 1. The monoisotopic (exact) mass is 627 g/mol. The van der Waals surface area contributed by atoms with Crippen molar-refractivity contribution in [3.8, 4) is 34.0 Å². The van der Waals surface area contributed by atoms with Gasteiger partial charge in [0.25, 0.3) is 0 Å². The van der Waals surface area contributed by atoms with Crippen LogP contribution in [0, 0.1) is 11.3 Å². The summed E-state index contributed by atoms with van der Waals surface area (Å²) < 4.78 is 2.28. The molecule has 7 aromatic carbocycles. The maximum absolute atomic E-state index is 10.6. The lowest BCUT2D eigenvalue weighted by Crippen LogP contribution is -2.31. The minimum atomic E-state index is -0.225. The van der Waals surface area contributed by atoms with Gasteiger partial charge in [0.15, 0.2) is 0 Å². The van der Waals surface area contributed by atoms with E-state index in [-0.39, 0.29) is 5.41 Å². The van der Waals surface area contributed by atoms with E-state index in [2.05, 4.69) is 181 Å². The van der Waals surface area contributed by atoms with Crippen molar-refractivity contribution in [3.05, 3.63) is 180 Å². The summed E-state index contributed by atoms with van der Waals surface area (Å²) in [4.78, 5) is 2.43. The number of benzene rings is 7. The van der Waals surface area contributed by atoms with E-state index >= 15 is 0 Å². The van der Waals surface area contributed by atoms with Crippen LogP contribution in [-0.4, -0.2) is 4.57 Å². The van der Waals surface area contributed by atoms with Gasteiger partial charge in [-0.1, -0.05) is 141 Å². The molecule has 9 rings (SSSR count). The quantitative estimate of drug-likeness (QED) is 0.194. The van der Waals surface area contributed by atoms with Crippen molar-refractivity contribution in [3.63, 3.8) is 0 Å². The van der Waals surface area contributed by atoms with Gasteiger partial charge < -0.3 is 9.47 Å². The van der Waals surface area contributed by atoms with Crippen LogP contribution in [0.1, 0.15) is 30.5 Å². The normalized spacial score (nSPS) is 13.2. The van der Waals surface area contributed by atoms with Crippen LogP contribution in [0.4, 0.5) is 17.1 Å². The van der Waals surface area contributed by atoms with Crippen LogP contribution in [0.25, 0.3) is 49.7 Å². The Kier molecular flexibility index (Phi) is 6.54. The molecule has 3 heteroatoms. The summed E-state index contributed by atoms with van der Waals surface area (Å²) >= 11 is 0. The second kappa shape index (κ2) is 11.1. The van der Waals surface area contributed by atoms with Gasteiger partial charge in [-0.2, -0.15) is 5.26 Å². The van der Waals surface area contributed by atoms with Crippen LogP contribution in [0.5, 0.6) is 0 Å². The van der Waals surface area contributed by atoms with Crippen LogP contribution in [0.3, 0.4) is 0 Å². The average Bonchev–Trinajstić information content (AvgIpc) is 3.49. The van der Waals surface area contributed by atoms with E-state index in [1.54, 1.807) is 0 Å². The lowest BCUT2D eigenvalue weighted by molar-refractivity contribution is 0.632. The number of hydrogen-bond donors (Lipinski definition) is 0. The zero-order valence-electron chi connectivity index (χ0n) is 27.4. The van der Waals surface area contributed by atoms with Crippen molar-refractivity contribution in [2.45, 2.75) is 19.3 Å². The van der Waals surface area contributed by atoms with E-state index in [0.29, 0.717) is 5.56 Å². The first-order valence-corrected chi connectivity index (χ1v) is 16.8. The minimum Gasteiger partial charge on any atom is -0.309 e. The first-order valence-electron chi connectivity index (χ1n) is 16.8. The second-order valence-corrected chi connectivity index (χ2v) is 13.2. The Labute approximate surface area is 286 Å². The molecule has 0 amide bonds. The number of hydrogen-bond acceptors (Lipinski definition) is 2. The highest BCUT2D eigenvalue weighted by Crippen LogP contribution is 2.55. The SMILES string of the molecule is CC1(C)c2ccccc2N(c2ccccc2)c2c(-c3ccccc3-c3cccc(C#N)c3-n3c4ccccc4c4ccccc43)cccc21. The lowest BCUT2D eigenvalue weighted by atomic mass is 9.72. The summed E-state index contributed by atoms with van der Waals surface area (Å²) in [7, 11) is 0. The van der Waals surface area contributed by atoms with Gasteiger partial charge in [-0.25, -0.2) is 0 Å². The zero-order chi connectivity index (χ0) is 33.1. The second-order valence-electron chi connectivity index (χ2n) is 13.2. The Morgan fingerprint density at radius 1 is 0.469 bits per heavy atom. The maximum Gasteiger partial charge on any atom is 0.101 e. The molecule has 0 N–H and O–H groups in total. The van der Waals surface area contributed by atoms with Gasteiger partial charge in [0, 0.05) is 33.0 Å². The third kappa shape index (κ3) is 4.28. The molecular weight excluding hydrogens is 595 g/mol. The standard InChI is InChI=1S/C46H33N3/c1-46(2)39-25-10-13-29-43(39)48(32-17-4-3-5-18-32)45-38(24-15-26-40(45)46)34-20-7-6-19-33(34)37-23-14-16-31(30-47)44(37)49-41-27-11-8-21-35(41)36-22-9-12-28-42(36)49/h3-29H,1-2H3. The Bertz CT molecular complexity index is 2550. The predicted molar refractivity (Wildman–Crippen MR) is 203 cm³/mol. The number of nitrogens with zero attached hydrogens (tertiary/aromatic N) is 3. The molecule has 1 aromatic heterocycles. The molecule has 0 aliphatic carbocycles. The van der Waals surface area contributed by atoms with Crippen molar-refractivity contribution in [2.24, 2.45) is 0 Å². The van der Waals surface area contributed by atoms with Gasteiger partial charge in [0.2, 0.25) is 0 Å². The Morgan fingerprint density at radius 3 is 1.65 bits per heavy atom. The summed E-state index contributed by atoms with van der Waals surface area (Å²) in [6.45, 7) is 4.67. The molecule has 0 bridgehead atoms. The molecule has 2 heterocycles. The van der Waals surface area contributed by atoms with E-state index in [0.717, 1.165) is 44.7 Å². The van der Waals surface area contributed by atoms with E-state index in [4.69, 9.17) is 0 Å². The van der Waals surface area contributed by atoms with E-state index in [1.165, 1.54) is 33.3 Å². The molecular formula is C46H33N3. The number of anilines is 3. The molecule has 8 aromatic rings. The molecule has 0 spiro atoms. The number of para-hydroxylation sites is 6. The fourth-order valence-corrected chi connectivity index (χ4v) is 8.02. The average molecular weight is 628 g/mol. The zero-order valence-corrected chi connectivity index (χ0v) is 27.4. The smallest absolute Gasteiger partial charge is 0.101 e. The van der Waals surface area contributed by atoms with E-state index < -0.39 is 0 Å². The number of fused-ring (bicyclic) bond motifs is 5. The fourth-order valence-electron chi connectivity index (χ4n) is 8.02. The van der Waals surface area contributed by atoms with Crippen LogP contribution >= 0.6 is 0 Å². The van der Waals surface area contributed by atoms with Gasteiger partial charge in [-0.05, 0) is 58.7 Å². The topological polar surface area (TPSA) is 32.0 Å². The van der Waals surface area contributed by atoms with Crippen molar-refractivity contribution >= 4 is 38.9 Å². The molecule has 0 fully saturated rings. The number of aromatic nitrogens is 1. The summed E-state index contributed by atoms with van der Waals surface area (Å²) in [6, 6.07) is 60.5. The highest BCUT2D eigenvalue weighted by atomic mass is 15.2. The van der Waals surface area contributed by atoms with Crippen LogP contribution < -0.4 is 4.90 Å². The molecule has 232 valence electrons. The highest BCUT2D eigenvalue weighted by Gasteiger charge is 2.38. The third-order valence-electron chi connectivity index (χ3n) is 10.2. The highest BCUT2D eigenvalue weighted by molar-refractivity contribution is 6.10. The maximum atomic E-state index is 10.6. The Balaban J connectivity index is 1.36. The van der Waals surface area contributed by atoms with Crippen molar-refractivity contribution < 1.29 is 0 Å². The lowest BCUT2D eigenvalue weighted by Gasteiger charge is -2.43. The first-order chi connectivity index (χ1) is 24.1. The molecule has 0 saturated heterocycles. The minimum absolute atomic E-state index is 0.225. The van der Waals surface area contributed by atoms with Crippen molar-refractivity contribution in [2.75, 3.05) is 4.90 Å². The van der Waals surface area contributed by atoms with Gasteiger partial charge in [0.05, 0.1) is 33.7 Å². The van der Waals surface area contributed by atoms with Gasteiger partial charge in [-0.3, -0.25) is 0 Å². The molecule has 0 radical (unpaired) electrons. The molecule has 0 unspecified atom stereocenters. The predicted octanol–water partition coefficient (Wildman–Crippen LogP) is 12.1. The molecule has 3 nitrogen and oxygen atoms in total.